The lowest BCUT2D eigenvalue weighted by Crippen LogP contribution is -2.35. The number of hydrogen-bond donors (Lipinski definition) is 0. The van der Waals surface area contributed by atoms with Crippen LogP contribution in [0.4, 0.5) is 0 Å². The van der Waals surface area contributed by atoms with Crippen molar-refractivity contribution in [3.05, 3.63) is 71.6 Å². The molecule has 0 bridgehead atoms. The number of rotatable bonds is 5. The molecule has 1 saturated heterocycles. The van der Waals surface area contributed by atoms with E-state index in [1.165, 1.54) is 12.6 Å². The Kier molecular flexibility index (Phi) is 6.32. The summed E-state index contributed by atoms with van der Waals surface area (Å²) in [7, 11) is 0. The zero-order chi connectivity index (χ0) is 20.1. The molecule has 0 aliphatic carbocycles. The molecule has 0 atom stereocenters. The molecule has 1 aromatic carbocycles. The second-order valence-corrected chi connectivity index (χ2v) is 8.28. The van der Waals surface area contributed by atoms with Gasteiger partial charge in [0.25, 0.3) is 5.91 Å². The predicted molar refractivity (Wildman–Crippen MR) is 114 cm³/mol. The van der Waals surface area contributed by atoms with Crippen molar-refractivity contribution >= 4 is 29.3 Å². The molecule has 148 valence electrons. The molecular formula is C22H20ClN3O2S. The molecule has 1 amide bonds. The van der Waals surface area contributed by atoms with Crippen LogP contribution < -0.4 is 4.74 Å². The van der Waals surface area contributed by atoms with Crippen LogP contribution in [-0.4, -0.2) is 33.9 Å². The van der Waals surface area contributed by atoms with Crippen molar-refractivity contribution in [3.8, 4) is 11.6 Å². The first-order chi connectivity index (χ1) is 14.2. The Bertz CT molecular complexity index is 977. The van der Waals surface area contributed by atoms with E-state index in [9.17, 15) is 4.79 Å². The highest BCUT2D eigenvalue weighted by Crippen LogP contribution is 2.32. The van der Waals surface area contributed by atoms with Crippen molar-refractivity contribution < 1.29 is 9.53 Å². The molecule has 0 N–H and O–H groups in total. The summed E-state index contributed by atoms with van der Waals surface area (Å²) in [5.74, 6) is 0.896. The lowest BCUT2D eigenvalue weighted by atomic mass is 10.1. The fraction of sp³-hybridized carbons (Fsp3) is 0.227. The Morgan fingerprint density at radius 2 is 1.69 bits per heavy atom. The molecule has 0 spiro atoms. The highest BCUT2D eigenvalue weighted by atomic mass is 35.5. The van der Waals surface area contributed by atoms with E-state index < -0.39 is 0 Å². The van der Waals surface area contributed by atoms with Gasteiger partial charge in [-0.25, -0.2) is 4.98 Å². The summed E-state index contributed by atoms with van der Waals surface area (Å²) in [6, 6.07) is 13.2. The number of aromatic nitrogens is 2. The highest BCUT2D eigenvalue weighted by molar-refractivity contribution is 7.99. The second-order valence-electron chi connectivity index (χ2n) is 6.72. The van der Waals surface area contributed by atoms with Gasteiger partial charge in [0, 0.05) is 41.5 Å². The van der Waals surface area contributed by atoms with Crippen LogP contribution in [-0.2, 0) is 0 Å². The average Bonchev–Trinajstić information content (AvgIpc) is 2.77. The SMILES string of the molecule is O=C(c1cnc(Oc2ccc(Sc3ccncc3)cc2)c(Cl)c1)N1CCCCC1. The fourth-order valence-corrected chi connectivity index (χ4v) is 4.13. The number of amides is 1. The minimum Gasteiger partial charge on any atom is -0.438 e. The summed E-state index contributed by atoms with van der Waals surface area (Å²) in [4.78, 5) is 24.9. The van der Waals surface area contributed by atoms with Crippen molar-refractivity contribution in [2.45, 2.75) is 29.1 Å². The number of carbonyl (C=O) groups excluding carboxylic acids is 1. The number of ether oxygens (including phenoxy) is 1. The van der Waals surface area contributed by atoms with Crippen LogP contribution in [0.2, 0.25) is 5.02 Å². The molecule has 5 nitrogen and oxygen atoms in total. The van der Waals surface area contributed by atoms with Gasteiger partial charge in [0.15, 0.2) is 0 Å². The molecule has 1 fully saturated rings. The topological polar surface area (TPSA) is 55.3 Å². The van der Waals surface area contributed by atoms with Crippen molar-refractivity contribution in [2.24, 2.45) is 0 Å². The molecule has 0 radical (unpaired) electrons. The van der Waals surface area contributed by atoms with Gasteiger partial charge in [-0.05, 0) is 61.7 Å². The van der Waals surface area contributed by atoms with Gasteiger partial charge in [-0.2, -0.15) is 0 Å². The summed E-state index contributed by atoms with van der Waals surface area (Å²) in [6.45, 7) is 1.58. The van der Waals surface area contributed by atoms with Crippen LogP contribution >= 0.6 is 23.4 Å². The molecule has 0 unspecified atom stereocenters. The van der Waals surface area contributed by atoms with E-state index in [4.69, 9.17) is 16.3 Å². The molecule has 0 saturated carbocycles. The van der Waals surface area contributed by atoms with Crippen LogP contribution in [0.15, 0.2) is 70.8 Å². The smallest absolute Gasteiger partial charge is 0.255 e. The first-order valence-electron chi connectivity index (χ1n) is 9.50. The molecule has 29 heavy (non-hydrogen) atoms. The Labute approximate surface area is 179 Å². The number of nitrogens with zero attached hydrogens (tertiary/aromatic N) is 3. The predicted octanol–water partition coefficient (Wildman–Crippen LogP) is 5.70. The number of piperidine rings is 1. The van der Waals surface area contributed by atoms with Gasteiger partial charge in [0.1, 0.15) is 10.8 Å². The number of halogens is 1. The van der Waals surface area contributed by atoms with Crippen LogP contribution in [0, 0.1) is 0 Å². The van der Waals surface area contributed by atoms with E-state index in [1.807, 2.05) is 41.3 Å². The van der Waals surface area contributed by atoms with Gasteiger partial charge in [-0.3, -0.25) is 9.78 Å². The maximum Gasteiger partial charge on any atom is 0.255 e. The number of benzene rings is 1. The maximum atomic E-state index is 12.6. The lowest BCUT2D eigenvalue weighted by Gasteiger charge is -2.26. The third kappa shape index (κ3) is 5.08. The van der Waals surface area contributed by atoms with Gasteiger partial charge in [0.05, 0.1) is 5.56 Å². The Morgan fingerprint density at radius 3 is 2.38 bits per heavy atom. The van der Waals surface area contributed by atoms with Crippen LogP contribution in [0.1, 0.15) is 29.6 Å². The minimum absolute atomic E-state index is 0.0249. The summed E-state index contributed by atoms with van der Waals surface area (Å²) in [5, 5.41) is 0.322. The second kappa shape index (κ2) is 9.29. The van der Waals surface area contributed by atoms with Crippen LogP contribution in [0.5, 0.6) is 11.6 Å². The normalized spacial score (nSPS) is 13.9. The lowest BCUT2D eigenvalue weighted by molar-refractivity contribution is 0.0724. The summed E-state index contributed by atoms with van der Waals surface area (Å²) >= 11 is 7.98. The highest BCUT2D eigenvalue weighted by Gasteiger charge is 2.20. The molecule has 3 heterocycles. The third-order valence-electron chi connectivity index (χ3n) is 4.62. The first-order valence-corrected chi connectivity index (χ1v) is 10.7. The van der Waals surface area contributed by atoms with E-state index in [0.717, 1.165) is 35.7 Å². The Balaban J connectivity index is 1.42. The number of pyridine rings is 2. The fourth-order valence-electron chi connectivity index (χ4n) is 3.13. The molecule has 1 aliphatic rings. The molecule has 4 rings (SSSR count). The average molecular weight is 426 g/mol. The van der Waals surface area contributed by atoms with Gasteiger partial charge in [-0.15, -0.1) is 0 Å². The molecule has 7 heteroatoms. The van der Waals surface area contributed by atoms with Crippen molar-refractivity contribution in [3.63, 3.8) is 0 Å². The van der Waals surface area contributed by atoms with E-state index in [1.54, 1.807) is 30.2 Å². The zero-order valence-corrected chi connectivity index (χ0v) is 17.3. The molecular weight excluding hydrogens is 406 g/mol. The zero-order valence-electron chi connectivity index (χ0n) is 15.8. The largest absolute Gasteiger partial charge is 0.438 e. The number of carbonyl (C=O) groups is 1. The van der Waals surface area contributed by atoms with Gasteiger partial charge in [-0.1, -0.05) is 23.4 Å². The Hall–Kier alpha value is -2.57. The molecule has 2 aromatic heterocycles. The maximum absolute atomic E-state index is 12.6. The first kappa shape index (κ1) is 19.7. The van der Waals surface area contributed by atoms with Crippen LogP contribution in [0.3, 0.4) is 0 Å². The van der Waals surface area contributed by atoms with Gasteiger partial charge >= 0.3 is 0 Å². The third-order valence-corrected chi connectivity index (χ3v) is 5.91. The van der Waals surface area contributed by atoms with E-state index in [2.05, 4.69) is 9.97 Å². The van der Waals surface area contributed by atoms with Gasteiger partial charge < -0.3 is 9.64 Å². The number of likely N-dealkylation sites (tertiary alicyclic amines) is 1. The minimum atomic E-state index is -0.0249. The quantitative estimate of drug-likeness (QED) is 0.524. The molecule has 1 aliphatic heterocycles. The summed E-state index contributed by atoms with van der Waals surface area (Å²) < 4.78 is 5.81. The summed E-state index contributed by atoms with van der Waals surface area (Å²) in [5.41, 5.74) is 0.494. The standard InChI is InChI=1S/C22H20ClN3O2S/c23-20-14-16(22(27)26-12-2-1-3-13-26)15-25-21(20)28-17-4-6-18(7-5-17)29-19-8-10-24-11-9-19/h4-11,14-15H,1-3,12-13H2. The monoisotopic (exact) mass is 425 g/mol. The Morgan fingerprint density at radius 1 is 1.00 bits per heavy atom. The molecule has 3 aromatic rings. The van der Waals surface area contributed by atoms with E-state index in [-0.39, 0.29) is 11.8 Å². The van der Waals surface area contributed by atoms with Gasteiger partial charge in [0.2, 0.25) is 5.88 Å². The van der Waals surface area contributed by atoms with Crippen molar-refractivity contribution in [1.29, 1.82) is 0 Å². The van der Waals surface area contributed by atoms with Crippen molar-refractivity contribution in [2.75, 3.05) is 13.1 Å². The van der Waals surface area contributed by atoms with E-state index in [0.29, 0.717) is 16.3 Å². The van der Waals surface area contributed by atoms with Crippen molar-refractivity contribution in [1.82, 2.24) is 14.9 Å². The van der Waals surface area contributed by atoms with Crippen LogP contribution in [0.25, 0.3) is 0 Å². The summed E-state index contributed by atoms with van der Waals surface area (Å²) in [6.07, 6.45) is 8.34. The van der Waals surface area contributed by atoms with E-state index >= 15 is 0 Å². The number of hydrogen-bond acceptors (Lipinski definition) is 5.